The van der Waals surface area contributed by atoms with Gasteiger partial charge in [-0.1, -0.05) is 0 Å². The van der Waals surface area contributed by atoms with E-state index < -0.39 is 22.8 Å². The number of pyridine rings is 1. The largest absolute Gasteiger partial charge is 0.487 e. The molecule has 1 aromatic carbocycles. The van der Waals surface area contributed by atoms with Gasteiger partial charge in [0.05, 0.1) is 22.6 Å². The summed E-state index contributed by atoms with van der Waals surface area (Å²) >= 11 is 0. The van der Waals surface area contributed by atoms with E-state index in [1.807, 2.05) is 11.8 Å². The van der Waals surface area contributed by atoms with Gasteiger partial charge in [0.2, 0.25) is 11.4 Å². The standard InChI is InChI=1S/C21H21FN6O4/c1-10-9-32-19-16-13(18(29)12(20(30)31)8-28(10)16)15(23)14(22)17(19)27-6-3-11(7-27)26-21-24-4-2-5-25-21/h2,4-5,8,10-11H,3,6-7,9,23H2,1H3,(H,30,31)(H,24,25,26)/t10-,11+/m0/s1. The lowest BCUT2D eigenvalue weighted by Gasteiger charge is -2.31. The number of rotatable bonds is 4. The molecule has 0 bridgehead atoms. The monoisotopic (exact) mass is 440 g/mol. The predicted octanol–water partition coefficient (Wildman–Crippen LogP) is 1.86. The number of nitrogens with two attached hydrogens (primary N) is 1. The van der Waals surface area contributed by atoms with Gasteiger partial charge in [0.1, 0.15) is 17.9 Å². The van der Waals surface area contributed by atoms with Crippen molar-refractivity contribution in [2.45, 2.75) is 25.4 Å². The number of benzene rings is 1. The Bertz CT molecular complexity index is 1300. The number of ether oxygens (including phenoxy) is 1. The number of carboxylic acid groups (broad SMARTS) is 1. The van der Waals surface area contributed by atoms with Gasteiger partial charge in [-0.2, -0.15) is 0 Å². The second-order valence-electron chi connectivity index (χ2n) is 8.02. The summed E-state index contributed by atoms with van der Waals surface area (Å²) in [6, 6.07) is 1.43. The summed E-state index contributed by atoms with van der Waals surface area (Å²) in [6.45, 7) is 3.00. The predicted molar refractivity (Wildman–Crippen MR) is 116 cm³/mol. The van der Waals surface area contributed by atoms with Gasteiger partial charge in [-0.15, -0.1) is 0 Å². The molecule has 5 rings (SSSR count). The number of aromatic carboxylic acids is 1. The van der Waals surface area contributed by atoms with E-state index in [2.05, 4.69) is 15.3 Å². The van der Waals surface area contributed by atoms with Crippen molar-refractivity contribution < 1.29 is 19.0 Å². The molecule has 0 amide bonds. The minimum absolute atomic E-state index is 0.0278. The van der Waals surface area contributed by atoms with Gasteiger partial charge in [0, 0.05) is 37.7 Å². The van der Waals surface area contributed by atoms with Crippen molar-refractivity contribution in [3.63, 3.8) is 0 Å². The molecule has 32 heavy (non-hydrogen) atoms. The first-order valence-electron chi connectivity index (χ1n) is 10.2. The van der Waals surface area contributed by atoms with Gasteiger partial charge in [-0.05, 0) is 19.4 Å². The van der Waals surface area contributed by atoms with E-state index in [1.54, 1.807) is 23.0 Å². The summed E-state index contributed by atoms with van der Waals surface area (Å²) in [5.41, 5.74) is 4.92. The molecule has 2 aliphatic heterocycles. The molecule has 2 atom stereocenters. The smallest absolute Gasteiger partial charge is 0.341 e. The third-order valence-electron chi connectivity index (χ3n) is 5.96. The van der Waals surface area contributed by atoms with Gasteiger partial charge in [0.25, 0.3) is 0 Å². The van der Waals surface area contributed by atoms with Crippen LogP contribution in [-0.2, 0) is 0 Å². The Balaban J connectivity index is 1.63. The number of anilines is 3. The molecular weight excluding hydrogens is 419 g/mol. The third-order valence-corrected chi connectivity index (χ3v) is 5.96. The molecule has 0 aliphatic carbocycles. The Labute approximate surface area is 181 Å². The maximum absolute atomic E-state index is 15.6. The Morgan fingerprint density at radius 1 is 1.38 bits per heavy atom. The van der Waals surface area contributed by atoms with Crippen LogP contribution in [0.25, 0.3) is 10.9 Å². The lowest BCUT2D eigenvalue weighted by atomic mass is 10.0. The molecule has 0 spiro atoms. The summed E-state index contributed by atoms with van der Waals surface area (Å²) in [4.78, 5) is 34.6. The number of carbonyl (C=O) groups is 1. The van der Waals surface area contributed by atoms with Gasteiger partial charge in [0.15, 0.2) is 11.6 Å². The molecule has 4 heterocycles. The summed E-state index contributed by atoms with van der Waals surface area (Å²) in [5, 5.41) is 12.5. The SMILES string of the molecule is C[C@H]1COc2c(N3CC[C@@H](Nc4ncccn4)C3)c(F)c(N)c3c(=O)c(C(=O)O)cn1c23. The van der Waals surface area contributed by atoms with Crippen LogP contribution < -0.4 is 26.1 Å². The zero-order valence-electron chi connectivity index (χ0n) is 17.2. The number of hydrogen-bond acceptors (Lipinski definition) is 8. The normalized spacial score (nSPS) is 19.8. The quantitative estimate of drug-likeness (QED) is 0.519. The molecule has 1 saturated heterocycles. The first-order valence-corrected chi connectivity index (χ1v) is 10.2. The van der Waals surface area contributed by atoms with Gasteiger partial charge in [-0.25, -0.2) is 19.2 Å². The van der Waals surface area contributed by atoms with E-state index in [4.69, 9.17) is 10.5 Å². The third kappa shape index (κ3) is 3.00. The van der Waals surface area contributed by atoms with Crippen LogP contribution in [0.5, 0.6) is 5.75 Å². The van der Waals surface area contributed by atoms with Crippen molar-refractivity contribution >= 4 is 34.2 Å². The molecule has 2 aromatic heterocycles. The molecule has 11 heteroatoms. The van der Waals surface area contributed by atoms with Crippen LogP contribution in [0.3, 0.4) is 0 Å². The van der Waals surface area contributed by atoms with E-state index >= 15 is 4.39 Å². The second kappa shape index (κ2) is 7.36. The van der Waals surface area contributed by atoms with Crippen molar-refractivity contribution in [2.24, 2.45) is 0 Å². The molecule has 0 unspecified atom stereocenters. The number of nitrogens with one attached hydrogen (secondary N) is 1. The number of carboxylic acids is 1. The molecule has 0 saturated carbocycles. The number of nitrogens with zero attached hydrogens (tertiary/aromatic N) is 4. The number of halogens is 1. The first-order chi connectivity index (χ1) is 15.4. The first kappa shape index (κ1) is 20.0. The summed E-state index contributed by atoms with van der Waals surface area (Å²) in [5.74, 6) is -1.49. The fourth-order valence-corrected chi connectivity index (χ4v) is 4.40. The highest BCUT2D eigenvalue weighted by Crippen LogP contribution is 2.45. The van der Waals surface area contributed by atoms with Crippen molar-refractivity contribution in [1.29, 1.82) is 0 Å². The van der Waals surface area contributed by atoms with Crippen LogP contribution in [0.4, 0.5) is 21.7 Å². The number of aromatic nitrogens is 3. The average molecular weight is 440 g/mol. The maximum Gasteiger partial charge on any atom is 0.341 e. The van der Waals surface area contributed by atoms with Crippen LogP contribution >= 0.6 is 0 Å². The van der Waals surface area contributed by atoms with E-state index in [1.165, 1.54) is 6.20 Å². The minimum atomic E-state index is -1.39. The maximum atomic E-state index is 15.6. The lowest BCUT2D eigenvalue weighted by Crippen LogP contribution is -2.31. The zero-order chi connectivity index (χ0) is 22.6. The minimum Gasteiger partial charge on any atom is -0.487 e. The van der Waals surface area contributed by atoms with Crippen LogP contribution in [0.2, 0.25) is 0 Å². The molecule has 2 aliphatic rings. The molecule has 3 aromatic rings. The highest BCUT2D eigenvalue weighted by molar-refractivity contribution is 6.03. The van der Waals surface area contributed by atoms with Crippen molar-refractivity contribution in [3.8, 4) is 5.75 Å². The number of hydrogen-bond donors (Lipinski definition) is 3. The van der Waals surface area contributed by atoms with Crippen LogP contribution in [0.1, 0.15) is 29.7 Å². The van der Waals surface area contributed by atoms with Crippen molar-refractivity contribution in [2.75, 3.05) is 35.6 Å². The van der Waals surface area contributed by atoms with Crippen LogP contribution in [0, 0.1) is 5.82 Å². The van der Waals surface area contributed by atoms with Crippen LogP contribution in [0.15, 0.2) is 29.5 Å². The van der Waals surface area contributed by atoms with Gasteiger partial charge < -0.3 is 30.4 Å². The Morgan fingerprint density at radius 3 is 2.84 bits per heavy atom. The molecule has 166 valence electrons. The fourth-order valence-electron chi connectivity index (χ4n) is 4.40. The summed E-state index contributed by atoms with van der Waals surface area (Å²) < 4.78 is 23.1. The molecule has 10 nitrogen and oxygen atoms in total. The van der Waals surface area contributed by atoms with Crippen molar-refractivity contribution in [3.05, 3.63) is 46.3 Å². The highest BCUT2D eigenvalue weighted by atomic mass is 19.1. The van der Waals surface area contributed by atoms with Gasteiger partial charge >= 0.3 is 5.97 Å². The zero-order valence-corrected chi connectivity index (χ0v) is 17.2. The molecular formula is C21H21FN6O4. The molecule has 0 radical (unpaired) electrons. The Kier molecular flexibility index (Phi) is 4.61. The van der Waals surface area contributed by atoms with E-state index in [9.17, 15) is 14.7 Å². The fraction of sp³-hybridized carbons (Fsp3) is 0.333. The number of nitrogen functional groups attached to an aromatic ring is 1. The van der Waals surface area contributed by atoms with E-state index in [-0.39, 0.29) is 41.2 Å². The Morgan fingerprint density at radius 2 is 2.12 bits per heavy atom. The average Bonchev–Trinajstić information content (AvgIpc) is 3.22. The summed E-state index contributed by atoms with van der Waals surface area (Å²) in [6.07, 6.45) is 5.26. The van der Waals surface area contributed by atoms with Gasteiger partial charge in [-0.3, -0.25) is 4.79 Å². The molecule has 4 N–H and O–H groups in total. The summed E-state index contributed by atoms with van der Waals surface area (Å²) in [7, 11) is 0. The second-order valence-corrected chi connectivity index (χ2v) is 8.02. The topological polar surface area (TPSA) is 136 Å². The van der Waals surface area contributed by atoms with Crippen molar-refractivity contribution in [1.82, 2.24) is 14.5 Å². The van der Waals surface area contributed by atoms with Crippen LogP contribution in [-0.4, -0.2) is 51.3 Å². The molecule has 1 fully saturated rings. The lowest BCUT2D eigenvalue weighted by molar-refractivity contribution is 0.0694. The highest BCUT2D eigenvalue weighted by Gasteiger charge is 2.35. The van der Waals surface area contributed by atoms with E-state index in [0.717, 1.165) is 0 Å². The Hall–Kier alpha value is -3.89. The van der Waals surface area contributed by atoms with E-state index in [0.29, 0.717) is 31.0 Å².